The minimum absolute atomic E-state index is 0.195. The molecule has 26 heavy (non-hydrogen) atoms. The fourth-order valence-corrected chi connectivity index (χ4v) is 4.34. The molecule has 0 saturated carbocycles. The van der Waals surface area contributed by atoms with Crippen LogP contribution in [0, 0.1) is 5.92 Å². The number of aromatic nitrogens is 2. The van der Waals surface area contributed by atoms with Crippen molar-refractivity contribution in [2.75, 3.05) is 26.7 Å². The van der Waals surface area contributed by atoms with Crippen molar-refractivity contribution in [1.29, 1.82) is 0 Å². The third-order valence-corrected chi connectivity index (χ3v) is 5.41. The van der Waals surface area contributed by atoms with Crippen LogP contribution in [-0.4, -0.2) is 57.7 Å². The Morgan fingerprint density at radius 1 is 1.27 bits per heavy atom. The van der Waals surface area contributed by atoms with Gasteiger partial charge in [-0.25, -0.2) is 9.78 Å². The lowest BCUT2D eigenvalue weighted by Gasteiger charge is -2.38. The Kier molecular flexibility index (Phi) is 4.39. The Labute approximate surface area is 154 Å². The zero-order valence-corrected chi connectivity index (χ0v) is 15.9. The molecule has 4 rings (SSSR count). The summed E-state index contributed by atoms with van der Waals surface area (Å²) < 4.78 is 8.10. The van der Waals surface area contributed by atoms with E-state index < -0.39 is 0 Å². The van der Waals surface area contributed by atoms with E-state index in [-0.39, 0.29) is 11.7 Å². The molecule has 6 nitrogen and oxygen atoms in total. The highest BCUT2D eigenvalue weighted by Gasteiger charge is 2.46. The maximum atomic E-state index is 11.9. The van der Waals surface area contributed by atoms with E-state index in [1.165, 1.54) is 5.52 Å². The number of nitrogens with zero attached hydrogens (tertiary/aromatic N) is 4. The van der Waals surface area contributed by atoms with E-state index in [0.717, 1.165) is 50.4 Å². The van der Waals surface area contributed by atoms with Crippen LogP contribution in [0.4, 0.5) is 4.79 Å². The number of para-hydroxylation sites is 2. The fourth-order valence-electron chi connectivity index (χ4n) is 4.34. The summed E-state index contributed by atoms with van der Waals surface area (Å²) in [7, 11) is 1.82. The van der Waals surface area contributed by atoms with E-state index in [4.69, 9.17) is 9.72 Å². The SMILES string of the molecule is CC(C)Cn1c(CN2CCCC3(C2)CN(C)C(=O)O3)nc2ccccc21. The summed E-state index contributed by atoms with van der Waals surface area (Å²) in [6, 6.07) is 8.36. The normalized spacial score (nSPS) is 24.2. The predicted octanol–water partition coefficient (Wildman–Crippen LogP) is 3.11. The fraction of sp³-hybridized carbons (Fsp3) is 0.600. The van der Waals surface area contributed by atoms with Crippen molar-refractivity contribution >= 4 is 17.1 Å². The van der Waals surface area contributed by atoms with E-state index in [1.807, 2.05) is 13.1 Å². The Morgan fingerprint density at radius 3 is 2.81 bits per heavy atom. The first-order valence-corrected chi connectivity index (χ1v) is 9.56. The van der Waals surface area contributed by atoms with Gasteiger partial charge >= 0.3 is 6.09 Å². The van der Waals surface area contributed by atoms with Crippen LogP contribution in [0.15, 0.2) is 24.3 Å². The maximum absolute atomic E-state index is 11.9. The lowest BCUT2D eigenvalue weighted by Crippen LogP contribution is -2.50. The number of amides is 1. The number of ether oxygens (including phenoxy) is 1. The molecule has 3 heterocycles. The van der Waals surface area contributed by atoms with Crippen LogP contribution >= 0.6 is 0 Å². The van der Waals surface area contributed by atoms with Crippen LogP contribution in [0.25, 0.3) is 11.0 Å². The summed E-state index contributed by atoms with van der Waals surface area (Å²) >= 11 is 0. The first-order chi connectivity index (χ1) is 12.5. The number of hydrogen-bond donors (Lipinski definition) is 0. The molecule has 0 aliphatic carbocycles. The Bertz CT molecular complexity index is 815. The summed E-state index contributed by atoms with van der Waals surface area (Å²) in [5, 5.41) is 0. The number of likely N-dealkylation sites (N-methyl/N-ethyl adjacent to an activating group) is 1. The number of carbonyl (C=O) groups excluding carboxylic acids is 1. The minimum atomic E-state index is -0.348. The number of benzene rings is 1. The highest BCUT2D eigenvalue weighted by Crippen LogP contribution is 2.32. The average molecular weight is 356 g/mol. The van der Waals surface area contributed by atoms with Gasteiger partial charge in [0.25, 0.3) is 0 Å². The van der Waals surface area contributed by atoms with Gasteiger partial charge in [0, 0.05) is 20.1 Å². The molecule has 0 N–H and O–H groups in total. The van der Waals surface area contributed by atoms with Gasteiger partial charge in [-0.2, -0.15) is 0 Å². The molecule has 2 saturated heterocycles. The number of hydrogen-bond acceptors (Lipinski definition) is 4. The zero-order valence-electron chi connectivity index (χ0n) is 15.9. The largest absolute Gasteiger partial charge is 0.440 e. The van der Waals surface area contributed by atoms with E-state index >= 15 is 0 Å². The van der Waals surface area contributed by atoms with E-state index in [9.17, 15) is 4.79 Å². The summed E-state index contributed by atoms with van der Waals surface area (Å²) in [5.41, 5.74) is 1.91. The lowest BCUT2D eigenvalue weighted by atomic mass is 9.93. The van der Waals surface area contributed by atoms with Crippen LogP contribution in [0.5, 0.6) is 0 Å². The van der Waals surface area contributed by atoms with Gasteiger partial charge in [-0.15, -0.1) is 0 Å². The topological polar surface area (TPSA) is 50.6 Å². The summed E-state index contributed by atoms with van der Waals surface area (Å²) in [4.78, 5) is 20.9. The smallest absolute Gasteiger partial charge is 0.410 e. The van der Waals surface area contributed by atoms with Gasteiger partial charge in [-0.05, 0) is 37.4 Å². The van der Waals surface area contributed by atoms with Crippen molar-refractivity contribution in [3.05, 3.63) is 30.1 Å². The van der Waals surface area contributed by atoms with E-state index in [1.54, 1.807) is 4.90 Å². The van der Waals surface area contributed by atoms with E-state index in [2.05, 4.69) is 41.5 Å². The van der Waals surface area contributed by atoms with Crippen LogP contribution in [0.3, 0.4) is 0 Å². The molecule has 1 atom stereocenters. The monoisotopic (exact) mass is 356 g/mol. The first-order valence-electron chi connectivity index (χ1n) is 9.56. The van der Waals surface area contributed by atoms with Gasteiger partial charge in [-0.3, -0.25) is 4.90 Å². The zero-order chi connectivity index (χ0) is 18.3. The molecule has 140 valence electrons. The van der Waals surface area contributed by atoms with Gasteiger partial charge in [0.15, 0.2) is 0 Å². The van der Waals surface area contributed by atoms with Crippen molar-refractivity contribution in [3.63, 3.8) is 0 Å². The molecule has 2 aliphatic rings. The average Bonchev–Trinajstić information content (AvgIpc) is 3.05. The molecular formula is C20H28N4O2. The Morgan fingerprint density at radius 2 is 2.08 bits per heavy atom. The van der Waals surface area contributed by atoms with Crippen molar-refractivity contribution < 1.29 is 9.53 Å². The lowest BCUT2D eigenvalue weighted by molar-refractivity contribution is -0.0123. The quantitative estimate of drug-likeness (QED) is 0.845. The van der Waals surface area contributed by atoms with Crippen LogP contribution in [0.2, 0.25) is 0 Å². The molecule has 1 spiro atoms. The third kappa shape index (κ3) is 3.18. The number of piperidine rings is 1. The number of likely N-dealkylation sites (tertiary alicyclic amines) is 1. The highest BCUT2D eigenvalue weighted by atomic mass is 16.6. The first kappa shape index (κ1) is 17.3. The van der Waals surface area contributed by atoms with Crippen molar-refractivity contribution in [1.82, 2.24) is 19.4 Å². The Hall–Kier alpha value is -2.08. The second-order valence-electron chi connectivity index (χ2n) is 8.24. The molecule has 6 heteroatoms. The van der Waals surface area contributed by atoms with Gasteiger partial charge < -0.3 is 14.2 Å². The van der Waals surface area contributed by atoms with Crippen molar-refractivity contribution in [3.8, 4) is 0 Å². The third-order valence-electron chi connectivity index (χ3n) is 5.41. The van der Waals surface area contributed by atoms with Gasteiger partial charge in [0.05, 0.1) is 24.1 Å². The van der Waals surface area contributed by atoms with Crippen LogP contribution in [-0.2, 0) is 17.8 Å². The molecule has 1 unspecified atom stereocenters. The minimum Gasteiger partial charge on any atom is -0.440 e. The summed E-state index contributed by atoms with van der Waals surface area (Å²) in [5.74, 6) is 1.66. The van der Waals surface area contributed by atoms with Crippen LogP contribution < -0.4 is 0 Å². The maximum Gasteiger partial charge on any atom is 0.410 e. The number of rotatable bonds is 4. The number of carbonyl (C=O) groups is 1. The molecule has 1 aromatic carbocycles. The molecule has 2 aliphatic heterocycles. The van der Waals surface area contributed by atoms with Crippen LogP contribution in [0.1, 0.15) is 32.5 Å². The Balaban J connectivity index is 1.58. The van der Waals surface area contributed by atoms with Gasteiger partial charge in [-0.1, -0.05) is 26.0 Å². The van der Waals surface area contributed by atoms with Gasteiger partial charge in [0.2, 0.25) is 0 Å². The molecule has 1 amide bonds. The second-order valence-corrected chi connectivity index (χ2v) is 8.24. The van der Waals surface area contributed by atoms with Crippen molar-refractivity contribution in [2.45, 2.75) is 45.4 Å². The standard InChI is InChI=1S/C20H28N4O2/c1-15(2)11-24-17-8-5-4-7-16(17)21-18(24)12-23-10-6-9-20(14-23)13-22(3)19(25)26-20/h4-5,7-8,15H,6,9-14H2,1-3H3. The highest BCUT2D eigenvalue weighted by molar-refractivity contribution is 5.75. The summed E-state index contributed by atoms with van der Waals surface area (Å²) in [6.45, 7) is 8.73. The number of imidazole rings is 1. The molecule has 1 aromatic heterocycles. The molecule has 2 fully saturated rings. The second kappa shape index (κ2) is 6.58. The molecular weight excluding hydrogens is 328 g/mol. The predicted molar refractivity (Wildman–Crippen MR) is 101 cm³/mol. The molecule has 0 radical (unpaired) electrons. The van der Waals surface area contributed by atoms with Gasteiger partial charge in [0.1, 0.15) is 11.4 Å². The summed E-state index contributed by atoms with van der Waals surface area (Å²) in [6.07, 6.45) is 1.80. The van der Waals surface area contributed by atoms with Crippen molar-refractivity contribution in [2.24, 2.45) is 5.92 Å². The molecule has 2 aromatic rings. The number of fused-ring (bicyclic) bond motifs is 1. The molecule has 0 bridgehead atoms. The van der Waals surface area contributed by atoms with E-state index in [0.29, 0.717) is 12.5 Å².